The van der Waals surface area contributed by atoms with E-state index in [9.17, 15) is 9.59 Å². The van der Waals surface area contributed by atoms with Crippen LogP contribution in [0.1, 0.15) is 10.4 Å². The third-order valence-corrected chi connectivity index (χ3v) is 3.10. The van der Waals surface area contributed by atoms with E-state index in [-0.39, 0.29) is 12.5 Å². The number of benzene rings is 1. The molecule has 1 atom stereocenters. The molecule has 5 nitrogen and oxygen atoms in total. The van der Waals surface area contributed by atoms with E-state index in [1.807, 2.05) is 0 Å². The lowest BCUT2D eigenvalue weighted by Crippen LogP contribution is -2.56. The second-order valence-corrected chi connectivity index (χ2v) is 4.50. The van der Waals surface area contributed by atoms with E-state index in [2.05, 4.69) is 5.32 Å². The predicted molar refractivity (Wildman–Crippen MR) is 66.8 cm³/mol. The Kier molecular flexibility index (Phi) is 3.84. The lowest BCUT2D eigenvalue weighted by Gasteiger charge is -2.33. The smallest absolute Gasteiger partial charge is 0.327 e. The van der Waals surface area contributed by atoms with Gasteiger partial charge in [0.25, 0.3) is 5.91 Å². The van der Waals surface area contributed by atoms with Crippen LogP contribution in [0.2, 0.25) is 5.02 Å². The molecule has 0 bridgehead atoms. The number of nitrogens with zero attached hydrogens (tertiary/aromatic N) is 1. The molecule has 1 unspecified atom stereocenters. The normalized spacial score (nSPS) is 19.6. The number of carbonyl (C=O) groups is 2. The van der Waals surface area contributed by atoms with Crippen molar-refractivity contribution >= 4 is 23.5 Å². The fourth-order valence-corrected chi connectivity index (χ4v) is 2.15. The van der Waals surface area contributed by atoms with Crippen molar-refractivity contribution in [2.24, 2.45) is 0 Å². The first kappa shape index (κ1) is 12.9. The van der Waals surface area contributed by atoms with E-state index in [1.165, 1.54) is 4.90 Å². The van der Waals surface area contributed by atoms with Gasteiger partial charge in [-0.2, -0.15) is 0 Å². The van der Waals surface area contributed by atoms with Crippen molar-refractivity contribution in [3.63, 3.8) is 0 Å². The maximum absolute atomic E-state index is 12.2. The number of carbonyl (C=O) groups excluding carboxylic acids is 1. The van der Waals surface area contributed by atoms with Gasteiger partial charge in [0.2, 0.25) is 0 Å². The second-order valence-electron chi connectivity index (χ2n) is 4.07. The minimum atomic E-state index is -1.00. The molecule has 96 valence electrons. The zero-order valence-corrected chi connectivity index (χ0v) is 10.4. The van der Waals surface area contributed by atoms with Gasteiger partial charge in [0.1, 0.15) is 6.04 Å². The van der Waals surface area contributed by atoms with Gasteiger partial charge in [0, 0.05) is 30.2 Å². The maximum atomic E-state index is 12.2. The van der Waals surface area contributed by atoms with Crippen LogP contribution in [0.25, 0.3) is 0 Å². The maximum Gasteiger partial charge on any atom is 0.327 e. The van der Waals surface area contributed by atoms with Gasteiger partial charge in [-0.1, -0.05) is 17.7 Å². The van der Waals surface area contributed by atoms with E-state index < -0.39 is 12.0 Å². The lowest BCUT2D eigenvalue weighted by atomic mass is 10.1. The van der Waals surface area contributed by atoms with Crippen LogP contribution in [0.3, 0.4) is 0 Å². The molecule has 2 N–H and O–H groups in total. The van der Waals surface area contributed by atoms with E-state index >= 15 is 0 Å². The summed E-state index contributed by atoms with van der Waals surface area (Å²) in [5.41, 5.74) is 0.413. The van der Waals surface area contributed by atoms with Crippen LogP contribution < -0.4 is 5.32 Å². The zero-order valence-electron chi connectivity index (χ0n) is 9.60. The topological polar surface area (TPSA) is 69.6 Å². The summed E-state index contributed by atoms with van der Waals surface area (Å²) in [6.45, 7) is 1.24. The Morgan fingerprint density at radius 1 is 1.44 bits per heavy atom. The summed E-state index contributed by atoms with van der Waals surface area (Å²) in [5.74, 6) is -1.30. The van der Waals surface area contributed by atoms with E-state index in [0.717, 1.165) is 0 Å². The Bertz CT molecular complexity index is 478. The number of carboxylic acid groups (broad SMARTS) is 1. The predicted octanol–water partition coefficient (Wildman–Crippen LogP) is 0.839. The molecule has 0 aromatic heterocycles. The fraction of sp³-hybridized carbons (Fsp3) is 0.333. The Hall–Kier alpha value is -1.59. The SMILES string of the molecule is O=C(O)C1CNCCN1C(=O)c1cccc(Cl)c1. The standard InChI is InChI=1S/C12H13ClN2O3/c13-9-3-1-2-8(6-9)11(16)15-5-4-14-7-10(15)12(17)18/h1-3,6,10,14H,4-5,7H2,(H,17,18). The number of carboxylic acids is 1. The summed E-state index contributed by atoms with van der Waals surface area (Å²) in [6, 6.07) is 5.70. The van der Waals surface area contributed by atoms with Crippen LogP contribution in [-0.4, -0.2) is 47.6 Å². The van der Waals surface area contributed by atoms with Crippen molar-refractivity contribution in [2.45, 2.75) is 6.04 Å². The summed E-state index contributed by atoms with van der Waals surface area (Å²) in [7, 11) is 0. The van der Waals surface area contributed by atoms with Crippen molar-refractivity contribution in [1.82, 2.24) is 10.2 Å². The van der Waals surface area contributed by atoms with Gasteiger partial charge in [-0.25, -0.2) is 4.79 Å². The molecule has 2 rings (SSSR count). The quantitative estimate of drug-likeness (QED) is 0.834. The third kappa shape index (κ3) is 2.63. The first-order chi connectivity index (χ1) is 8.59. The van der Waals surface area contributed by atoms with Crippen LogP contribution in [0.4, 0.5) is 0 Å². The van der Waals surface area contributed by atoms with E-state index in [0.29, 0.717) is 23.7 Å². The highest BCUT2D eigenvalue weighted by atomic mass is 35.5. The zero-order chi connectivity index (χ0) is 13.1. The highest BCUT2D eigenvalue weighted by Crippen LogP contribution is 2.15. The Labute approximate surface area is 109 Å². The van der Waals surface area contributed by atoms with Crippen molar-refractivity contribution in [2.75, 3.05) is 19.6 Å². The minimum absolute atomic E-state index is 0.266. The molecule has 1 fully saturated rings. The highest BCUT2D eigenvalue weighted by Gasteiger charge is 2.32. The number of piperazine rings is 1. The van der Waals surface area contributed by atoms with Gasteiger partial charge < -0.3 is 15.3 Å². The molecule has 0 spiro atoms. The average molecular weight is 269 g/mol. The third-order valence-electron chi connectivity index (χ3n) is 2.86. The molecule has 1 amide bonds. The van der Waals surface area contributed by atoms with E-state index in [1.54, 1.807) is 24.3 Å². The first-order valence-corrected chi connectivity index (χ1v) is 5.97. The van der Waals surface area contributed by atoms with Crippen molar-refractivity contribution in [3.05, 3.63) is 34.9 Å². The molecule has 0 saturated carbocycles. The van der Waals surface area contributed by atoms with Crippen LogP contribution in [-0.2, 0) is 4.79 Å². The molecular weight excluding hydrogens is 256 g/mol. The summed E-state index contributed by atoms with van der Waals surface area (Å²) in [5, 5.41) is 12.5. The molecular formula is C12H13ClN2O3. The molecule has 1 heterocycles. The monoisotopic (exact) mass is 268 g/mol. The summed E-state index contributed by atoms with van der Waals surface area (Å²) in [4.78, 5) is 24.7. The first-order valence-electron chi connectivity index (χ1n) is 5.59. The van der Waals surface area contributed by atoms with Crippen LogP contribution in [0.15, 0.2) is 24.3 Å². The summed E-state index contributed by atoms with van der Waals surface area (Å²) >= 11 is 5.83. The van der Waals surface area contributed by atoms with Crippen molar-refractivity contribution in [3.8, 4) is 0 Å². The van der Waals surface area contributed by atoms with Gasteiger partial charge in [-0.3, -0.25) is 4.79 Å². The van der Waals surface area contributed by atoms with E-state index in [4.69, 9.17) is 16.7 Å². The number of amides is 1. The molecule has 1 aliphatic rings. The molecule has 6 heteroatoms. The van der Waals surface area contributed by atoms with Gasteiger partial charge in [0.15, 0.2) is 0 Å². The Morgan fingerprint density at radius 2 is 2.22 bits per heavy atom. The summed E-state index contributed by atoms with van der Waals surface area (Å²) < 4.78 is 0. The number of rotatable bonds is 2. The molecule has 1 aromatic carbocycles. The Morgan fingerprint density at radius 3 is 2.89 bits per heavy atom. The molecule has 1 aliphatic heterocycles. The highest BCUT2D eigenvalue weighted by molar-refractivity contribution is 6.31. The Balaban J connectivity index is 2.23. The number of aliphatic carboxylic acids is 1. The second kappa shape index (κ2) is 5.37. The molecule has 0 radical (unpaired) electrons. The van der Waals surface area contributed by atoms with Crippen molar-refractivity contribution in [1.29, 1.82) is 0 Å². The van der Waals surface area contributed by atoms with Crippen LogP contribution in [0, 0.1) is 0 Å². The average Bonchev–Trinajstić information content (AvgIpc) is 2.38. The van der Waals surface area contributed by atoms with Gasteiger partial charge in [0.05, 0.1) is 0 Å². The number of halogens is 1. The molecule has 1 saturated heterocycles. The molecule has 1 aromatic rings. The van der Waals surface area contributed by atoms with Gasteiger partial charge in [-0.15, -0.1) is 0 Å². The van der Waals surface area contributed by atoms with Gasteiger partial charge >= 0.3 is 5.97 Å². The fourth-order valence-electron chi connectivity index (χ4n) is 1.96. The summed E-state index contributed by atoms with van der Waals surface area (Å²) in [6.07, 6.45) is 0. The lowest BCUT2D eigenvalue weighted by molar-refractivity contribution is -0.142. The van der Waals surface area contributed by atoms with Crippen molar-refractivity contribution < 1.29 is 14.7 Å². The van der Waals surface area contributed by atoms with Gasteiger partial charge in [-0.05, 0) is 18.2 Å². The number of hydrogen-bond acceptors (Lipinski definition) is 3. The minimum Gasteiger partial charge on any atom is -0.480 e. The number of nitrogens with one attached hydrogen (secondary N) is 1. The largest absolute Gasteiger partial charge is 0.480 e. The van der Waals surface area contributed by atoms with Crippen LogP contribution >= 0.6 is 11.6 Å². The molecule has 18 heavy (non-hydrogen) atoms. The molecule has 0 aliphatic carbocycles. The van der Waals surface area contributed by atoms with Crippen LogP contribution in [0.5, 0.6) is 0 Å². The number of hydrogen-bond donors (Lipinski definition) is 2.